The van der Waals surface area contributed by atoms with Gasteiger partial charge in [0.25, 0.3) is 0 Å². The number of H-pyrrole nitrogens is 1. The highest BCUT2D eigenvalue weighted by Crippen LogP contribution is 2.47. The van der Waals surface area contributed by atoms with Gasteiger partial charge in [0.05, 0.1) is 12.1 Å². The Morgan fingerprint density at radius 3 is 2.66 bits per heavy atom. The summed E-state index contributed by atoms with van der Waals surface area (Å²) in [6.45, 7) is 13.9. The number of carbonyl (C=O) groups is 1. The molecule has 0 atom stereocenters. The molecule has 5 nitrogen and oxygen atoms in total. The van der Waals surface area contributed by atoms with Gasteiger partial charge in [0.15, 0.2) is 5.78 Å². The van der Waals surface area contributed by atoms with Crippen molar-refractivity contribution in [2.24, 2.45) is 0 Å². The Balaban J connectivity index is 1.67. The van der Waals surface area contributed by atoms with E-state index >= 15 is 0 Å². The molecule has 2 aromatic carbocycles. The first-order chi connectivity index (χ1) is 15.4. The highest BCUT2D eigenvalue weighted by Gasteiger charge is 2.40. The lowest BCUT2D eigenvalue weighted by atomic mass is 9.71. The monoisotopic (exact) mass is 422 g/mol. The van der Waals surface area contributed by atoms with E-state index in [0.29, 0.717) is 22.9 Å². The Morgan fingerprint density at radius 1 is 1.25 bits per heavy atom. The second-order valence-electron chi connectivity index (χ2n) is 9.28. The summed E-state index contributed by atoms with van der Waals surface area (Å²) in [5.74, 6) is 2.64. The summed E-state index contributed by atoms with van der Waals surface area (Å²) >= 11 is 0. The number of terminal acetylenes is 1. The van der Waals surface area contributed by atoms with Crippen molar-refractivity contribution in [2.75, 3.05) is 25.0 Å². The molecule has 160 valence electrons. The quantitative estimate of drug-likeness (QED) is 0.463. The van der Waals surface area contributed by atoms with E-state index < -0.39 is 5.41 Å². The minimum Gasteiger partial charge on any atom is -0.380 e. The Morgan fingerprint density at radius 2 is 2.00 bits per heavy atom. The second-order valence-corrected chi connectivity index (χ2v) is 9.28. The molecule has 0 bridgehead atoms. The SMILES string of the molecule is [C-]#[N+]c1cc2c(cc1N1CCC(NC)CC1)C(C)(C)c1[nH]c3cc(C#C)ccc3c1C2=O. The van der Waals surface area contributed by atoms with Gasteiger partial charge < -0.3 is 15.2 Å². The molecule has 0 radical (unpaired) electrons. The molecule has 5 rings (SSSR count). The molecule has 1 aliphatic carbocycles. The van der Waals surface area contributed by atoms with Crippen LogP contribution in [-0.4, -0.2) is 36.9 Å². The molecule has 1 aromatic heterocycles. The zero-order valence-corrected chi connectivity index (χ0v) is 18.7. The van der Waals surface area contributed by atoms with E-state index in [2.05, 4.69) is 45.9 Å². The molecule has 1 fully saturated rings. The molecular weight excluding hydrogens is 396 g/mol. The topological polar surface area (TPSA) is 52.5 Å². The molecule has 2 aliphatic rings. The second kappa shape index (κ2) is 7.26. The van der Waals surface area contributed by atoms with E-state index in [1.807, 2.05) is 31.3 Å². The van der Waals surface area contributed by atoms with Gasteiger partial charge in [-0.25, -0.2) is 4.85 Å². The van der Waals surface area contributed by atoms with Crippen molar-refractivity contribution in [3.8, 4) is 12.3 Å². The van der Waals surface area contributed by atoms with Crippen LogP contribution in [0.25, 0.3) is 15.7 Å². The third-order valence-electron chi connectivity index (χ3n) is 7.21. The van der Waals surface area contributed by atoms with E-state index in [9.17, 15) is 4.79 Å². The fourth-order valence-electron chi connectivity index (χ4n) is 5.29. The lowest BCUT2D eigenvalue weighted by molar-refractivity contribution is 0.103. The fourth-order valence-corrected chi connectivity index (χ4v) is 5.29. The van der Waals surface area contributed by atoms with Gasteiger partial charge >= 0.3 is 0 Å². The number of hydrogen-bond acceptors (Lipinski definition) is 3. The van der Waals surface area contributed by atoms with Crippen LogP contribution < -0.4 is 10.2 Å². The summed E-state index contributed by atoms with van der Waals surface area (Å²) in [5, 5.41) is 4.24. The van der Waals surface area contributed by atoms with Crippen LogP contribution in [0.2, 0.25) is 0 Å². The van der Waals surface area contributed by atoms with Crippen LogP contribution in [0.1, 0.15) is 59.4 Å². The van der Waals surface area contributed by atoms with Gasteiger partial charge in [-0.3, -0.25) is 4.79 Å². The molecule has 0 unspecified atom stereocenters. The van der Waals surface area contributed by atoms with Gasteiger partial charge in [-0.2, -0.15) is 0 Å². The van der Waals surface area contributed by atoms with Crippen molar-refractivity contribution in [1.29, 1.82) is 0 Å². The van der Waals surface area contributed by atoms with Crippen LogP contribution in [0.5, 0.6) is 0 Å². The molecule has 0 saturated carbocycles. The van der Waals surface area contributed by atoms with Crippen molar-refractivity contribution < 1.29 is 4.79 Å². The smallest absolute Gasteiger partial charge is 0.210 e. The van der Waals surface area contributed by atoms with Crippen LogP contribution in [0.3, 0.4) is 0 Å². The summed E-state index contributed by atoms with van der Waals surface area (Å²) in [4.78, 5) is 23.3. The highest BCUT2D eigenvalue weighted by atomic mass is 16.1. The van der Waals surface area contributed by atoms with Gasteiger partial charge in [0.2, 0.25) is 5.69 Å². The zero-order chi connectivity index (χ0) is 22.6. The van der Waals surface area contributed by atoms with E-state index in [-0.39, 0.29) is 5.78 Å². The van der Waals surface area contributed by atoms with Gasteiger partial charge in [-0.05, 0) is 49.7 Å². The van der Waals surface area contributed by atoms with Crippen molar-refractivity contribution in [2.45, 2.75) is 38.1 Å². The number of ketones is 1. The number of anilines is 1. The number of hydrogen-bond donors (Lipinski definition) is 2. The Hall–Kier alpha value is -3.54. The summed E-state index contributed by atoms with van der Waals surface area (Å²) in [7, 11) is 2.00. The number of piperidine rings is 1. The molecule has 2 heterocycles. The van der Waals surface area contributed by atoms with Gasteiger partial charge in [-0.1, -0.05) is 25.8 Å². The number of rotatable bonds is 2. The number of benzene rings is 2. The van der Waals surface area contributed by atoms with Crippen LogP contribution >= 0.6 is 0 Å². The summed E-state index contributed by atoms with van der Waals surface area (Å²) < 4.78 is 0. The van der Waals surface area contributed by atoms with Crippen molar-refractivity contribution in [1.82, 2.24) is 10.3 Å². The number of nitrogens with zero attached hydrogens (tertiary/aromatic N) is 2. The maximum Gasteiger partial charge on any atom is 0.210 e. The first-order valence-corrected chi connectivity index (χ1v) is 11.0. The lowest BCUT2D eigenvalue weighted by Gasteiger charge is -2.37. The average molecular weight is 423 g/mol. The lowest BCUT2D eigenvalue weighted by Crippen LogP contribution is -2.41. The minimum atomic E-state index is -0.410. The molecule has 5 heteroatoms. The van der Waals surface area contributed by atoms with E-state index in [4.69, 9.17) is 13.0 Å². The Bertz CT molecular complexity index is 1340. The van der Waals surface area contributed by atoms with E-state index in [1.165, 1.54) is 0 Å². The standard InChI is InChI=1S/C27H26N4O/c1-6-16-7-8-18-21(13-16)30-26-24(18)25(32)19-14-22(29-5)23(15-20(19)27(26,2)3)31-11-9-17(28-4)10-12-31/h1,7-8,13-15,17,28,30H,9-12H2,2-4H3. The molecule has 2 N–H and O–H groups in total. The van der Waals surface area contributed by atoms with Gasteiger partial charge in [0.1, 0.15) is 0 Å². The first kappa shape index (κ1) is 20.4. The summed E-state index contributed by atoms with van der Waals surface area (Å²) in [6.07, 6.45) is 7.66. The third kappa shape index (κ3) is 2.86. The third-order valence-corrected chi connectivity index (χ3v) is 7.21. The fraction of sp³-hybridized carbons (Fsp3) is 0.333. The molecule has 0 amide bonds. The number of aromatic amines is 1. The van der Waals surface area contributed by atoms with Crippen molar-refractivity contribution >= 4 is 28.1 Å². The maximum absolute atomic E-state index is 13.7. The van der Waals surface area contributed by atoms with Crippen molar-refractivity contribution in [3.63, 3.8) is 0 Å². The Kier molecular flexibility index (Phi) is 4.62. The van der Waals surface area contributed by atoms with E-state index in [1.54, 1.807) is 0 Å². The zero-order valence-electron chi connectivity index (χ0n) is 18.7. The number of fused-ring (bicyclic) bond motifs is 4. The molecule has 0 spiro atoms. The molecular formula is C27H26N4O. The largest absolute Gasteiger partial charge is 0.380 e. The number of aromatic nitrogens is 1. The van der Waals surface area contributed by atoms with Crippen LogP contribution in [0.4, 0.5) is 11.4 Å². The molecule has 1 aliphatic heterocycles. The predicted octanol–water partition coefficient (Wildman–Crippen LogP) is 4.76. The average Bonchev–Trinajstić information content (AvgIpc) is 3.22. The number of carbonyl (C=O) groups excluding carboxylic acids is 1. The predicted molar refractivity (Wildman–Crippen MR) is 129 cm³/mol. The molecule has 3 aromatic rings. The molecule has 32 heavy (non-hydrogen) atoms. The van der Waals surface area contributed by atoms with Gasteiger partial charge in [-0.15, -0.1) is 6.42 Å². The van der Waals surface area contributed by atoms with E-state index in [0.717, 1.165) is 59.3 Å². The van der Waals surface area contributed by atoms with Crippen LogP contribution in [0.15, 0.2) is 30.3 Å². The minimum absolute atomic E-state index is 0.0284. The van der Waals surface area contributed by atoms with Gasteiger partial charge in [0, 0.05) is 58.0 Å². The number of nitrogens with one attached hydrogen (secondary N) is 2. The Labute approximate surface area is 188 Å². The van der Waals surface area contributed by atoms with Crippen LogP contribution in [-0.2, 0) is 5.41 Å². The normalized spacial score (nSPS) is 17.5. The summed E-state index contributed by atoms with van der Waals surface area (Å²) in [6, 6.07) is 10.1. The maximum atomic E-state index is 13.7. The first-order valence-electron chi connectivity index (χ1n) is 11.0. The molecule has 1 saturated heterocycles. The summed E-state index contributed by atoms with van der Waals surface area (Å²) in [5.41, 5.74) is 5.93. The van der Waals surface area contributed by atoms with Crippen molar-refractivity contribution in [3.05, 3.63) is 69.7 Å². The highest BCUT2D eigenvalue weighted by molar-refractivity contribution is 6.20. The van der Waals surface area contributed by atoms with Crippen LogP contribution in [0, 0.1) is 18.9 Å².